The number of hydrogen-bond donors (Lipinski definition) is 2. The molecule has 2 aromatic rings. The Morgan fingerprint density at radius 2 is 1.60 bits per heavy atom. The van der Waals surface area contributed by atoms with E-state index in [1.165, 1.54) is 0 Å². The normalized spacial score (nSPS) is 12.5. The number of terminal acetylenes is 1. The van der Waals surface area contributed by atoms with Crippen LogP contribution in [-0.4, -0.2) is 47.5 Å². The topological polar surface area (TPSA) is 87.7 Å². The van der Waals surface area contributed by atoms with Crippen LogP contribution in [0.5, 0.6) is 0 Å². The first kappa shape index (κ1) is 32.4. The zero-order chi connectivity index (χ0) is 29.5. The number of carbonyl (C=O) groups is 3. The van der Waals surface area contributed by atoms with Gasteiger partial charge in [-0.15, -0.1) is 6.42 Å². The number of hydrogen-bond acceptors (Lipinski definition) is 4. The van der Waals surface area contributed by atoms with Crippen molar-refractivity contribution in [3.8, 4) is 12.3 Å². The summed E-state index contributed by atoms with van der Waals surface area (Å²) in [6.45, 7) is 10.3. The number of nitrogens with zero attached hydrogens (tertiary/aromatic N) is 1. The van der Waals surface area contributed by atoms with Gasteiger partial charge in [-0.25, -0.2) is 4.79 Å². The number of amides is 3. The highest BCUT2D eigenvalue weighted by molar-refractivity contribution is 5.92. The van der Waals surface area contributed by atoms with Gasteiger partial charge in [0.1, 0.15) is 17.7 Å². The SMILES string of the molecule is C#Cc1ccccc1C(C(=O)NCCCC)N(CCCCC)C(=O)C(Cc1ccccc1)NC(=O)OC(C)(C)C. The van der Waals surface area contributed by atoms with Crippen LogP contribution in [0.1, 0.15) is 89.5 Å². The zero-order valence-electron chi connectivity index (χ0n) is 24.7. The second-order valence-electron chi connectivity index (χ2n) is 10.9. The maximum Gasteiger partial charge on any atom is 0.408 e. The smallest absolute Gasteiger partial charge is 0.408 e. The molecule has 0 saturated heterocycles. The van der Waals surface area contributed by atoms with E-state index in [1.54, 1.807) is 37.8 Å². The van der Waals surface area contributed by atoms with Crippen molar-refractivity contribution in [2.24, 2.45) is 0 Å². The summed E-state index contributed by atoms with van der Waals surface area (Å²) in [5.41, 5.74) is 1.27. The number of unbranched alkanes of at least 4 members (excludes halogenated alkanes) is 3. The predicted octanol–water partition coefficient (Wildman–Crippen LogP) is 5.78. The third-order valence-corrected chi connectivity index (χ3v) is 6.36. The molecule has 2 aromatic carbocycles. The molecule has 7 nitrogen and oxygen atoms in total. The average Bonchev–Trinajstić information content (AvgIpc) is 2.91. The van der Waals surface area contributed by atoms with Gasteiger partial charge in [0.2, 0.25) is 11.8 Å². The summed E-state index contributed by atoms with van der Waals surface area (Å²) in [4.78, 5) is 42.7. The summed E-state index contributed by atoms with van der Waals surface area (Å²) in [7, 11) is 0. The minimum Gasteiger partial charge on any atom is -0.444 e. The Hall–Kier alpha value is -3.79. The fraction of sp³-hybridized carbons (Fsp3) is 0.485. The van der Waals surface area contributed by atoms with E-state index >= 15 is 0 Å². The highest BCUT2D eigenvalue weighted by Crippen LogP contribution is 2.27. The van der Waals surface area contributed by atoms with Crippen molar-refractivity contribution >= 4 is 17.9 Å². The zero-order valence-corrected chi connectivity index (χ0v) is 24.7. The van der Waals surface area contributed by atoms with Gasteiger partial charge in [-0.3, -0.25) is 9.59 Å². The van der Waals surface area contributed by atoms with Crippen LogP contribution in [0.2, 0.25) is 0 Å². The summed E-state index contributed by atoms with van der Waals surface area (Å²) in [6.07, 6.45) is 9.65. The molecule has 0 radical (unpaired) electrons. The van der Waals surface area contributed by atoms with Gasteiger partial charge in [-0.1, -0.05) is 87.6 Å². The molecule has 2 rings (SSSR count). The Labute approximate surface area is 240 Å². The van der Waals surface area contributed by atoms with Crippen LogP contribution in [0, 0.1) is 12.3 Å². The fourth-order valence-corrected chi connectivity index (χ4v) is 4.40. The first-order chi connectivity index (χ1) is 19.1. The highest BCUT2D eigenvalue weighted by Gasteiger charge is 2.37. The second kappa shape index (κ2) is 16.3. The molecule has 2 atom stereocenters. The lowest BCUT2D eigenvalue weighted by atomic mass is 9.96. The van der Waals surface area contributed by atoms with Crippen molar-refractivity contribution in [1.29, 1.82) is 0 Å². The van der Waals surface area contributed by atoms with Crippen LogP contribution in [0.15, 0.2) is 54.6 Å². The van der Waals surface area contributed by atoms with E-state index in [-0.39, 0.29) is 18.2 Å². The van der Waals surface area contributed by atoms with E-state index in [4.69, 9.17) is 11.2 Å². The molecule has 0 bridgehead atoms. The molecule has 0 aliphatic heterocycles. The van der Waals surface area contributed by atoms with Crippen molar-refractivity contribution < 1.29 is 19.1 Å². The number of alkyl carbamates (subject to hydrolysis) is 1. The molecule has 3 amide bonds. The number of nitrogens with one attached hydrogen (secondary N) is 2. The number of benzene rings is 2. The average molecular weight is 548 g/mol. The van der Waals surface area contributed by atoms with E-state index in [1.807, 2.05) is 49.4 Å². The van der Waals surface area contributed by atoms with Gasteiger partial charge in [0.05, 0.1) is 0 Å². The van der Waals surface area contributed by atoms with Crippen LogP contribution < -0.4 is 10.6 Å². The number of ether oxygens (including phenoxy) is 1. The molecular formula is C33H45N3O4. The maximum absolute atomic E-state index is 14.4. The lowest BCUT2D eigenvalue weighted by molar-refractivity contribution is -0.142. The Morgan fingerprint density at radius 1 is 0.950 bits per heavy atom. The van der Waals surface area contributed by atoms with Gasteiger partial charge < -0.3 is 20.3 Å². The molecule has 0 aromatic heterocycles. The third-order valence-electron chi connectivity index (χ3n) is 6.36. The molecule has 0 fully saturated rings. The molecule has 7 heteroatoms. The number of rotatable bonds is 14. The molecule has 0 spiro atoms. The van der Waals surface area contributed by atoms with E-state index in [0.717, 1.165) is 31.2 Å². The van der Waals surface area contributed by atoms with Gasteiger partial charge in [-0.2, -0.15) is 0 Å². The molecule has 2 unspecified atom stereocenters. The minimum absolute atomic E-state index is 0.240. The fourth-order valence-electron chi connectivity index (χ4n) is 4.40. The van der Waals surface area contributed by atoms with Crippen LogP contribution in [0.3, 0.4) is 0 Å². The Balaban J connectivity index is 2.57. The summed E-state index contributed by atoms with van der Waals surface area (Å²) in [5.74, 6) is 2.02. The summed E-state index contributed by atoms with van der Waals surface area (Å²) >= 11 is 0. The molecule has 2 N–H and O–H groups in total. The predicted molar refractivity (Wildman–Crippen MR) is 160 cm³/mol. The Morgan fingerprint density at radius 3 is 2.23 bits per heavy atom. The van der Waals surface area contributed by atoms with Crippen molar-refractivity contribution in [1.82, 2.24) is 15.5 Å². The molecular weight excluding hydrogens is 502 g/mol. The van der Waals surface area contributed by atoms with Gasteiger partial charge in [0.15, 0.2) is 0 Å². The van der Waals surface area contributed by atoms with E-state index in [9.17, 15) is 14.4 Å². The largest absolute Gasteiger partial charge is 0.444 e. The molecule has 0 saturated carbocycles. The molecule has 0 heterocycles. The summed E-state index contributed by atoms with van der Waals surface area (Å²) < 4.78 is 5.50. The lowest BCUT2D eigenvalue weighted by Gasteiger charge is -2.35. The molecule has 0 aliphatic carbocycles. The van der Waals surface area contributed by atoms with Crippen molar-refractivity contribution in [2.45, 2.75) is 90.8 Å². The first-order valence-electron chi connectivity index (χ1n) is 14.3. The summed E-state index contributed by atoms with van der Waals surface area (Å²) in [6, 6.07) is 14.8. The maximum atomic E-state index is 14.4. The Bertz CT molecular complexity index is 1130. The second-order valence-corrected chi connectivity index (χ2v) is 10.9. The minimum atomic E-state index is -0.956. The standard InChI is InChI=1S/C33H45N3O4/c1-7-10-17-23-36(29(30(37)34-22-11-8-2)27-21-16-15-20-26(27)9-3)31(38)28(24-25-18-13-12-14-19-25)35-32(39)40-33(4,5)6/h3,12-16,18-21,28-29H,7-8,10-11,17,22-24H2,1-2,4-6H3,(H,34,37)(H,35,39). The van der Waals surface area contributed by atoms with E-state index in [2.05, 4.69) is 23.5 Å². The van der Waals surface area contributed by atoms with Gasteiger partial charge in [-0.05, 0) is 50.8 Å². The van der Waals surface area contributed by atoms with Crippen LogP contribution in [-0.2, 0) is 20.7 Å². The lowest BCUT2D eigenvalue weighted by Crippen LogP contribution is -2.54. The van der Waals surface area contributed by atoms with Crippen LogP contribution >= 0.6 is 0 Å². The van der Waals surface area contributed by atoms with Gasteiger partial charge >= 0.3 is 6.09 Å². The van der Waals surface area contributed by atoms with Gasteiger partial charge in [0.25, 0.3) is 0 Å². The van der Waals surface area contributed by atoms with E-state index in [0.29, 0.717) is 30.6 Å². The van der Waals surface area contributed by atoms with E-state index < -0.39 is 23.8 Å². The first-order valence-corrected chi connectivity index (χ1v) is 14.3. The van der Waals surface area contributed by atoms with Gasteiger partial charge in [0, 0.05) is 25.1 Å². The summed E-state index contributed by atoms with van der Waals surface area (Å²) in [5, 5.41) is 5.80. The number of carbonyl (C=O) groups excluding carboxylic acids is 3. The molecule has 40 heavy (non-hydrogen) atoms. The Kier molecular flexibility index (Phi) is 13.2. The molecule has 0 aliphatic rings. The van der Waals surface area contributed by atoms with Crippen molar-refractivity contribution in [3.05, 3.63) is 71.3 Å². The monoisotopic (exact) mass is 547 g/mol. The highest BCUT2D eigenvalue weighted by atomic mass is 16.6. The van der Waals surface area contributed by atoms with Crippen molar-refractivity contribution in [2.75, 3.05) is 13.1 Å². The van der Waals surface area contributed by atoms with Crippen LogP contribution in [0.25, 0.3) is 0 Å². The van der Waals surface area contributed by atoms with Crippen molar-refractivity contribution in [3.63, 3.8) is 0 Å². The van der Waals surface area contributed by atoms with Crippen LogP contribution in [0.4, 0.5) is 4.79 Å². The third kappa shape index (κ3) is 10.4. The molecule has 216 valence electrons. The quantitative estimate of drug-likeness (QED) is 0.232.